The van der Waals surface area contributed by atoms with Crippen LogP contribution in [0.15, 0.2) is 18.2 Å². The second kappa shape index (κ2) is 7.60. The number of aryl methyl sites for hydroxylation is 2. The van der Waals surface area contributed by atoms with Crippen molar-refractivity contribution in [2.24, 2.45) is 0 Å². The first kappa shape index (κ1) is 17.9. The topological polar surface area (TPSA) is 73.9 Å². The molecule has 1 amide bonds. The van der Waals surface area contributed by atoms with Crippen LogP contribution in [0.3, 0.4) is 0 Å². The maximum atomic E-state index is 12.5. The van der Waals surface area contributed by atoms with E-state index in [1.165, 1.54) is 23.3 Å². The van der Waals surface area contributed by atoms with Gasteiger partial charge < -0.3 is 19.5 Å². The van der Waals surface area contributed by atoms with Gasteiger partial charge in [-0.25, -0.2) is 4.79 Å². The zero-order chi connectivity index (χ0) is 18.8. The third-order valence-electron chi connectivity index (χ3n) is 4.89. The second-order valence-electron chi connectivity index (χ2n) is 6.64. The van der Waals surface area contributed by atoms with Gasteiger partial charge in [0.05, 0.1) is 12.7 Å². The lowest BCUT2D eigenvalue weighted by atomic mass is 9.95. The summed E-state index contributed by atoms with van der Waals surface area (Å²) in [4.78, 5) is 25.9. The first-order valence-electron chi connectivity index (χ1n) is 9.07. The molecule has 2 aromatic rings. The molecule has 0 saturated heterocycles. The van der Waals surface area contributed by atoms with E-state index in [9.17, 15) is 9.59 Å². The normalized spacial score (nSPS) is 14.6. The van der Waals surface area contributed by atoms with Crippen molar-refractivity contribution in [3.8, 4) is 11.5 Å². The first-order valence-corrected chi connectivity index (χ1v) is 9.88. The highest BCUT2D eigenvalue weighted by molar-refractivity contribution is 7.17. The van der Waals surface area contributed by atoms with Crippen LogP contribution in [0.2, 0.25) is 0 Å². The van der Waals surface area contributed by atoms with Crippen molar-refractivity contribution in [2.45, 2.75) is 38.5 Å². The van der Waals surface area contributed by atoms with Gasteiger partial charge in [0.2, 0.25) is 12.7 Å². The average molecular weight is 387 g/mol. The number of benzene rings is 1. The molecule has 0 saturated carbocycles. The summed E-state index contributed by atoms with van der Waals surface area (Å²) in [6, 6.07) is 5.70. The summed E-state index contributed by atoms with van der Waals surface area (Å²) >= 11 is 1.50. The molecule has 1 N–H and O–H groups in total. The fraction of sp³-hybridized carbons (Fsp3) is 0.400. The molecule has 2 heterocycles. The molecule has 4 rings (SSSR count). The number of hydrogen-bond acceptors (Lipinski definition) is 6. The van der Waals surface area contributed by atoms with E-state index in [-0.39, 0.29) is 18.7 Å². The monoisotopic (exact) mass is 387 g/mol. The van der Waals surface area contributed by atoms with E-state index in [0.29, 0.717) is 29.2 Å². The first-order chi connectivity index (χ1) is 13.2. The van der Waals surface area contributed by atoms with Gasteiger partial charge in [0.25, 0.3) is 0 Å². The Hall–Kier alpha value is -2.54. The molecular weight excluding hydrogens is 366 g/mol. The van der Waals surface area contributed by atoms with E-state index in [2.05, 4.69) is 5.32 Å². The number of carbonyl (C=O) groups is 2. The number of nitrogens with one attached hydrogen (secondary N) is 1. The van der Waals surface area contributed by atoms with Crippen molar-refractivity contribution in [1.29, 1.82) is 0 Å². The maximum Gasteiger partial charge on any atom is 0.341 e. The van der Waals surface area contributed by atoms with E-state index in [1.807, 2.05) is 18.2 Å². The van der Waals surface area contributed by atoms with Gasteiger partial charge >= 0.3 is 5.97 Å². The van der Waals surface area contributed by atoms with Crippen LogP contribution in [0, 0.1) is 0 Å². The summed E-state index contributed by atoms with van der Waals surface area (Å²) in [6.45, 7) is 0.235. The van der Waals surface area contributed by atoms with Crippen molar-refractivity contribution >= 4 is 28.2 Å². The van der Waals surface area contributed by atoms with E-state index in [4.69, 9.17) is 14.2 Å². The number of thiophene rings is 1. The molecule has 0 bridgehead atoms. The largest absolute Gasteiger partial charge is 0.465 e. The van der Waals surface area contributed by atoms with Crippen molar-refractivity contribution in [1.82, 2.24) is 0 Å². The van der Waals surface area contributed by atoms with Gasteiger partial charge in [-0.1, -0.05) is 6.07 Å². The summed E-state index contributed by atoms with van der Waals surface area (Å²) in [5, 5.41) is 3.54. The number of hydrogen-bond donors (Lipinski definition) is 1. The van der Waals surface area contributed by atoms with Crippen LogP contribution in [0.5, 0.6) is 11.5 Å². The Labute approximate surface area is 161 Å². The predicted molar refractivity (Wildman–Crippen MR) is 102 cm³/mol. The summed E-state index contributed by atoms with van der Waals surface area (Å²) in [5.74, 6) is 0.957. The Bertz CT molecular complexity index is 889. The highest BCUT2D eigenvalue weighted by atomic mass is 32.1. The van der Waals surface area contributed by atoms with Crippen LogP contribution in [0.1, 0.15) is 45.6 Å². The summed E-state index contributed by atoms with van der Waals surface area (Å²) in [5.41, 5.74) is 2.59. The number of rotatable bonds is 5. The Morgan fingerprint density at radius 1 is 1.19 bits per heavy atom. The van der Waals surface area contributed by atoms with Gasteiger partial charge in [-0.05, 0) is 55.4 Å². The van der Waals surface area contributed by atoms with E-state index in [1.54, 1.807) is 0 Å². The Morgan fingerprint density at radius 3 is 2.85 bits per heavy atom. The highest BCUT2D eigenvalue weighted by Gasteiger charge is 2.26. The minimum Gasteiger partial charge on any atom is -0.465 e. The molecule has 1 aromatic heterocycles. The Balaban J connectivity index is 1.45. The van der Waals surface area contributed by atoms with E-state index in [0.717, 1.165) is 42.6 Å². The fourth-order valence-electron chi connectivity index (χ4n) is 3.52. The van der Waals surface area contributed by atoms with Gasteiger partial charge in [-0.2, -0.15) is 0 Å². The standard InChI is InChI=1S/C20H21NO5S/c1-24-20(23)18-13-4-2-3-5-16(13)27-19(18)21-17(22)9-7-12-6-8-14-15(10-12)26-11-25-14/h6,8,10H,2-5,7,9,11H2,1H3,(H,21,22). The molecule has 1 aliphatic heterocycles. The molecule has 1 aromatic carbocycles. The maximum absolute atomic E-state index is 12.5. The van der Waals surface area contributed by atoms with Gasteiger partial charge in [0.1, 0.15) is 5.00 Å². The number of fused-ring (bicyclic) bond motifs is 2. The minimum atomic E-state index is -0.375. The lowest BCUT2D eigenvalue weighted by molar-refractivity contribution is -0.116. The van der Waals surface area contributed by atoms with Crippen LogP contribution < -0.4 is 14.8 Å². The summed E-state index contributed by atoms with van der Waals surface area (Å²) in [6.07, 6.45) is 4.90. The number of methoxy groups -OCH3 is 1. The molecule has 7 heteroatoms. The number of esters is 1. The average Bonchev–Trinajstić information content (AvgIpc) is 3.29. The molecule has 142 valence electrons. The SMILES string of the molecule is COC(=O)c1c(NC(=O)CCc2ccc3c(c2)OCO3)sc2c1CCCC2. The number of ether oxygens (including phenoxy) is 3. The Morgan fingerprint density at radius 2 is 2.00 bits per heavy atom. The smallest absolute Gasteiger partial charge is 0.341 e. The van der Waals surface area contributed by atoms with Crippen LogP contribution >= 0.6 is 11.3 Å². The molecule has 6 nitrogen and oxygen atoms in total. The van der Waals surface area contributed by atoms with Gasteiger partial charge in [-0.3, -0.25) is 4.79 Å². The van der Waals surface area contributed by atoms with Gasteiger partial charge in [0, 0.05) is 11.3 Å². The predicted octanol–water partition coefficient (Wildman–Crippen LogP) is 3.71. The number of amides is 1. The second-order valence-corrected chi connectivity index (χ2v) is 7.75. The molecule has 27 heavy (non-hydrogen) atoms. The molecule has 0 radical (unpaired) electrons. The quantitative estimate of drug-likeness (QED) is 0.792. The van der Waals surface area contributed by atoms with Crippen LogP contribution in [-0.2, 0) is 28.8 Å². The van der Waals surface area contributed by atoms with Crippen molar-refractivity contribution in [3.63, 3.8) is 0 Å². The van der Waals surface area contributed by atoms with Crippen LogP contribution in [0.4, 0.5) is 5.00 Å². The number of anilines is 1. The lowest BCUT2D eigenvalue weighted by Gasteiger charge is -2.11. The third kappa shape index (κ3) is 3.64. The molecular formula is C20H21NO5S. The van der Waals surface area contributed by atoms with E-state index >= 15 is 0 Å². The minimum absolute atomic E-state index is 0.114. The summed E-state index contributed by atoms with van der Waals surface area (Å²) in [7, 11) is 1.38. The lowest BCUT2D eigenvalue weighted by Crippen LogP contribution is -2.15. The Kier molecular flexibility index (Phi) is 5.03. The molecule has 1 aliphatic carbocycles. The summed E-state index contributed by atoms with van der Waals surface area (Å²) < 4.78 is 15.6. The molecule has 0 fully saturated rings. The van der Waals surface area contributed by atoms with Gasteiger partial charge in [0.15, 0.2) is 11.5 Å². The van der Waals surface area contributed by atoms with Gasteiger partial charge in [-0.15, -0.1) is 11.3 Å². The molecule has 2 aliphatic rings. The van der Waals surface area contributed by atoms with Crippen LogP contribution in [-0.4, -0.2) is 25.8 Å². The van der Waals surface area contributed by atoms with Crippen molar-refractivity contribution < 1.29 is 23.8 Å². The molecule has 0 unspecified atom stereocenters. The zero-order valence-corrected chi connectivity index (χ0v) is 15.9. The fourth-order valence-corrected chi connectivity index (χ4v) is 4.81. The number of carbonyl (C=O) groups excluding carboxylic acids is 2. The zero-order valence-electron chi connectivity index (χ0n) is 15.1. The van der Waals surface area contributed by atoms with Crippen molar-refractivity contribution in [3.05, 3.63) is 39.8 Å². The third-order valence-corrected chi connectivity index (χ3v) is 6.10. The highest BCUT2D eigenvalue weighted by Crippen LogP contribution is 2.38. The van der Waals surface area contributed by atoms with E-state index < -0.39 is 0 Å². The molecule has 0 atom stereocenters. The van der Waals surface area contributed by atoms with Crippen molar-refractivity contribution in [2.75, 3.05) is 19.2 Å². The molecule has 0 spiro atoms. The van der Waals surface area contributed by atoms with Crippen LogP contribution in [0.25, 0.3) is 0 Å².